The van der Waals surface area contributed by atoms with E-state index in [9.17, 15) is 0 Å². The van der Waals surface area contributed by atoms with Crippen LogP contribution in [0.15, 0.2) is 18.2 Å². The molecule has 0 aliphatic heterocycles. The van der Waals surface area contributed by atoms with Crippen LogP contribution < -0.4 is 10.5 Å². The summed E-state index contributed by atoms with van der Waals surface area (Å²) in [5.74, 6) is 1.15. The molecule has 0 fully saturated rings. The Morgan fingerprint density at radius 1 is 1.33 bits per heavy atom. The predicted molar refractivity (Wildman–Crippen MR) is 74.9 cm³/mol. The lowest BCUT2D eigenvalue weighted by Crippen LogP contribution is -2.18. The Kier molecular flexibility index (Phi) is 6.76. The van der Waals surface area contributed by atoms with Crippen LogP contribution in [0, 0.1) is 5.92 Å². The highest BCUT2D eigenvalue weighted by Crippen LogP contribution is 2.23. The highest BCUT2D eigenvalue weighted by Gasteiger charge is 2.09. The fourth-order valence-electron chi connectivity index (χ4n) is 1.99. The lowest BCUT2D eigenvalue weighted by Gasteiger charge is -2.15. The molecule has 0 saturated carbocycles. The van der Waals surface area contributed by atoms with Crippen LogP contribution in [0.5, 0.6) is 5.75 Å². The second kappa shape index (κ2) is 8.11. The van der Waals surface area contributed by atoms with Gasteiger partial charge in [0.15, 0.2) is 0 Å². The molecule has 18 heavy (non-hydrogen) atoms. The van der Waals surface area contributed by atoms with Gasteiger partial charge < -0.3 is 15.6 Å². The first kappa shape index (κ1) is 15.0. The Morgan fingerprint density at radius 2 is 2.11 bits per heavy atom. The summed E-state index contributed by atoms with van der Waals surface area (Å²) in [6.45, 7) is 5.52. The molecule has 1 atom stereocenters. The Bertz CT molecular complexity index is 348. The average molecular weight is 251 g/mol. The van der Waals surface area contributed by atoms with E-state index in [4.69, 9.17) is 15.6 Å². The molecule has 0 heterocycles. The van der Waals surface area contributed by atoms with Crippen LogP contribution in [-0.4, -0.2) is 24.9 Å². The first-order valence-electron chi connectivity index (χ1n) is 6.80. The Balaban J connectivity index is 2.76. The summed E-state index contributed by atoms with van der Waals surface area (Å²) in [4.78, 5) is 0. The number of aliphatic hydroxyl groups is 1. The molecule has 1 aromatic carbocycles. The van der Waals surface area contributed by atoms with Gasteiger partial charge in [0, 0.05) is 6.61 Å². The molecule has 0 aromatic heterocycles. The molecule has 0 radical (unpaired) electrons. The third-order valence-electron chi connectivity index (χ3n) is 3.25. The van der Waals surface area contributed by atoms with Gasteiger partial charge >= 0.3 is 0 Å². The van der Waals surface area contributed by atoms with Gasteiger partial charge in [0.1, 0.15) is 5.75 Å². The van der Waals surface area contributed by atoms with E-state index < -0.39 is 0 Å². The van der Waals surface area contributed by atoms with Crippen molar-refractivity contribution in [2.75, 3.05) is 19.8 Å². The lowest BCUT2D eigenvalue weighted by molar-refractivity contribution is 0.222. The van der Waals surface area contributed by atoms with E-state index in [1.807, 2.05) is 13.0 Å². The zero-order chi connectivity index (χ0) is 13.4. The predicted octanol–water partition coefficient (Wildman–Crippen LogP) is 2.15. The standard InChI is InChI=1S/C15H25NO2/c1-3-12-6-8-15(18-4-2)14(9-12)7-5-13(10-16)11-17/h6,8-9,13,17H,3-5,7,10-11,16H2,1-2H3. The smallest absolute Gasteiger partial charge is 0.122 e. The van der Waals surface area contributed by atoms with Gasteiger partial charge in [-0.1, -0.05) is 19.1 Å². The molecule has 1 rings (SSSR count). The van der Waals surface area contributed by atoms with Gasteiger partial charge in [-0.2, -0.15) is 0 Å². The van der Waals surface area contributed by atoms with Crippen molar-refractivity contribution in [1.82, 2.24) is 0 Å². The number of ether oxygens (including phenoxy) is 1. The zero-order valence-corrected chi connectivity index (χ0v) is 11.5. The van der Waals surface area contributed by atoms with Gasteiger partial charge in [-0.15, -0.1) is 0 Å². The van der Waals surface area contributed by atoms with Gasteiger partial charge in [0.05, 0.1) is 6.61 Å². The Labute approximate surface area is 110 Å². The molecular weight excluding hydrogens is 226 g/mol. The summed E-state index contributed by atoms with van der Waals surface area (Å²) in [5, 5.41) is 9.17. The van der Waals surface area contributed by atoms with E-state index in [1.165, 1.54) is 11.1 Å². The van der Waals surface area contributed by atoms with Gasteiger partial charge in [0.25, 0.3) is 0 Å². The molecular formula is C15H25NO2. The number of rotatable bonds is 8. The topological polar surface area (TPSA) is 55.5 Å². The average Bonchev–Trinajstić information content (AvgIpc) is 2.41. The van der Waals surface area contributed by atoms with Crippen LogP contribution in [0.4, 0.5) is 0 Å². The molecule has 3 nitrogen and oxygen atoms in total. The first-order chi connectivity index (χ1) is 8.74. The van der Waals surface area contributed by atoms with Crippen LogP contribution in [0.1, 0.15) is 31.4 Å². The summed E-state index contributed by atoms with van der Waals surface area (Å²) in [7, 11) is 0. The fourth-order valence-corrected chi connectivity index (χ4v) is 1.99. The molecule has 0 amide bonds. The third kappa shape index (κ3) is 4.31. The van der Waals surface area contributed by atoms with E-state index >= 15 is 0 Å². The summed E-state index contributed by atoms with van der Waals surface area (Å²) < 4.78 is 5.64. The van der Waals surface area contributed by atoms with Crippen LogP contribution in [0.2, 0.25) is 0 Å². The van der Waals surface area contributed by atoms with E-state index in [-0.39, 0.29) is 12.5 Å². The van der Waals surface area contributed by atoms with Gasteiger partial charge in [-0.3, -0.25) is 0 Å². The van der Waals surface area contributed by atoms with Crippen molar-refractivity contribution >= 4 is 0 Å². The normalized spacial score (nSPS) is 12.4. The Hall–Kier alpha value is -1.06. The monoisotopic (exact) mass is 251 g/mol. The van der Waals surface area contributed by atoms with Crippen LogP contribution >= 0.6 is 0 Å². The van der Waals surface area contributed by atoms with E-state index in [2.05, 4.69) is 19.1 Å². The summed E-state index contributed by atoms with van der Waals surface area (Å²) in [5.41, 5.74) is 8.16. The minimum absolute atomic E-state index is 0.161. The van der Waals surface area contributed by atoms with E-state index in [0.717, 1.165) is 25.0 Å². The minimum atomic E-state index is 0.161. The van der Waals surface area contributed by atoms with E-state index in [0.29, 0.717) is 13.2 Å². The van der Waals surface area contributed by atoms with Crippen molar-refractivity contribution in [1.29, 1.82) is 0 Å². The maximum Gasteiger partial charge on any atom is 0.122 e. The minimum Gasteiger partial charge on any atom is -0.494 e. The molecule has 0 aliphatic rings. The molecule has 0 saturated heterocycles. The van der Waals surface area contributed by atoms with Crippen LogP contribution in [0.3, 0.4) is 0 Å². The first-order valence-corrected chi connectivity index (χ1v) is 6.80. The maximum atomic E-state index is 9.17. The van der Waals surface area contributed by atoms with Gasteiger partial charge in [0.2, 0.25) is 0 Å². The van der Waals surface area contributed by atoms with Crippen molar-refractivity contribution in [3.8, 4) is 5.75 Å². The highest BCUT2D eigenvalue weighted by molar-refractivity contribution is 5.37. The largest absolute Gasteiger partial charge is 0.494 e. The molecule has 0 aliphatic carbocycles. The molecule has 0 spiro atoms. The molecule has 0 bridgehead atoms. The number of hydrogen-bond donors (Lipinski definition) is 2. The molecule has 3 N–H and O–H groups in total. The van der Waals surface area contributed by atoms with Crippen LogP contribution in [-0.2, 0) is 12.8 Å². The zero-order valence-electron chi connectivity index (χ0n) is 11.5. The number of aryl methyl sites for hydroxylation is 2. The van der Waals surface area contributed by atoms with E-state index in [1.54, 1.807) is 0 Å². The van der Waals surface area contributed by atoms with Crippen molar-refractivity contribution in [3.05, 3.63) is 29.3 Å². The summed E-state index contributed by atoms with van der Waals surface area (Å²) in [6.07, 6.45) is 2.84. The lowest BCUT2D eigenvalue weighted by atomic mass is 9.98. The van der Waals surface area contributed by atoms with Crippen molar-refractivity contribution in [2.24, 2.45) is 11.7 Å². The number of benzene rings is 1. The number of hydrogen-bond acceptors (Lipinski definition) is 3. The summed E-state index contributed by atoms with van der Waals surface area (Å²) >= 11 is 0. The molecule has 1 aromatic rings. The van der Waals surface area contributed by atoms with Crippen LogP contribution in [0.25, 0.3) is 0 Å². The second-order valence-electron chi connectivity index (χ2n) is 4.55. The number of aliphatic hydroxyl groups excluding tert-OH is 1. The SMILES string of the molecule is CCOc1ccc(CC)cc1CCC(CN)CO. The fraction of sp³-hybridized carbons (Fsp3) is 0.600. The molecule has 3 heteroatoms. The van der Waals surface area contributed by atoms with Gasteiger partial charge in [-0.05, 0) is 55.8 Å². The van der Waals surface area contributed by atoms with Crippen molar-refractivity contribution < 1.29 is 9.84 Å². The highest BCUT2D eigenvalue weighted by atomic mass is 16.5. The second-order valence-corrected chi connectivity index (χ2v) is 4.55. The van der Waals surface area contributed by atoms with Crippen molar-refractivity contribution in [2.45, 2.75) is 33.1 Å². The Morgan fingerprint density at radius 3 is 2.67 bits per heavy atom. The van der Waals surface area contributed by atoms with Crippen molar-refractivity contribution in [3.63, 3.8) is 0 Å². The maximum absolute atomic E-state index is 9.17. The summed E-state index contributed by atoms with van der Waals surface area (Å²) in [6, 6.07) is 6.37. The quantitative estimate of drug-likeness (QED) is 0.744. The number of nitrogens with two attached hydrogens (primary N) is 1. The third-order valence-corrected chi connectivity index (χ3v) is 3.25. The van der Waals surface area contributed by atoms with Gasteiger partial charge in [-0.25, -0.2) is 0 Å². The molecule has 1 unspecified atom stereocenters. The molecule has 102 valence electrons.